The molecule has 0 atom stereocenters. The number of nitrogens with one attached hydrogen (secondary N) is 2. The van der Waals surface area contributed by atoms with Crippen LogP contribution in [0.1, 0.15) is 30.8 Å². The van der Waals surface area contributed by atoms with Gasteiger partial charge < -0.3 is 19.9 Å². The number of carbonyl (C=O) groups excluding carboxylic acids is 2. The van der Waals surface area contributed by atoms with Gasteiger partial charge in [0.1, 0.15) is 11.6 Å². The molecule has 35 heavy (non-hydrogen) atoms. The van der Waals surface area contributed by atoms with E-state index in [2.05, 4.69) is 34.3 Å². The first kappa shape index (κ1) is 26.0. The molecule has 1 aromatic heterocycles. The molecule has 2 amide bonds. The number of carbonyl (C=O) groups is 2. The molecule has 2 N–H and O–H groups in total. The first-order valence-electron chi connectivity index (χ1n) is 11.5. The maximum Gasteiger partial charge on any atom is 0.234 e. The highest BCUT2D eigenvalue weighted by Gasteiger charge is 2.17. The number of aryl methyl sites for hydroxylation is 2. The van der Waals surface area contributed by atoms with E-state index in [1.807, 2.05) is 32.0 Å². The number of para-hydroxylation sites is 1. The van der Waals surface area contributed by atoms with Gasteiger partial charge in [-0.2, -0.15) is 0 Å². The largest absolute Gasteiger partial charge is 0.494 e. The van der Waals surface area contributed by atoms with E-state index < -0.39 is 0 Å². The Morgan fingerprint density at radius 3 is 2.54 bits per heavy atom. The monoisotopic (exact) mass is 493 g/mol. The van der Waals surface area contributed by atoms with E-state index in [4.69, 9.17) is 4.74 Å². The van der Waals surface area contributed by atoms with Crippen molar-refractivity contribution in [3.8, 4) is 5.75 Å². The van der Waals surface area contributed by atoms with Gasteiger partial charge in [-0.1, -0.05) is 43.0 Å². The minimum Gasteiger partial charge on any atom is -0.494 e. The van der Waals surface area contributed by atoms with Crippen molar-refractivity contribution in [2.24, 2.45) is 0 Å². The van der Waals surface area contributed by atoms with Crippen LogP contribution in [0.3, 0.4) is 0 Å². The van der Waals surface area contributed by atoms with E-state index in [1.54, 1.807) is 34.9 Å². The van der Waals surface area contributed by atoms with Crippen molar-refractivity contribution in [1.29, 1.82) is 0 Å². The SMILES string of the molecule is C=CCn1c(CC(=O)Nc2ccc(OCC)cc2)nnc1SCC(=O)Nc1c(C)cccc1CC. The Kier molecular flexibility index (Phi) is 9.48. The summed E-state index contributed by atoms with van der Waals surface area (Å²) in [6, 6.07) is 13.2. The van der Waals surface area contributed by atoms with Crippen molar-refractivity contribution in [2.45, 2.75) is 45.3 Å². The van der Waals surface area contributed by atoms with Gasteiger partial charge in [-0.05, 0) is 55.7 Å². The van der Waals surface area contributed by atoms with Crippen molar-refractivity contribution in [2.75, 3.05) is 23.0 Å². The molecule has 0 spiro atoms. The van der Waals surface area contributed by atoms with E-state index in [1.165, 1.54) is 11.8 Å². The molecule has 0 bridgehead atoms. The molecule has 0 unspecified atom stereocenters. The topological polar surface area (TPSA) is 98.1 Å². The van der Waals surface area contributed by atoms with Crippen LogP contribution in [0.25, 0.3) is 0 Å². The smallest absolute Gasteiger partial charge is 0.234 e. The summed E-state index contributed by atoms with van der Waals surface area (Å²) in [5.41, 5.74) is 3.65. The molecule has 9 heteroatoms. The lowest BCUT2D eigenvalue weighted by atomic mass is 10.1. The highest BCUT2D eigenvalue weighted by Crippen LogP contribution is 2.23. The molecule has 0 fully saturated rings. The fraction of sp³-hybridized carbons (Fsp3) is 0.308. The predicted molar refractivity (Wildman–Crippen MR) is 140 cm³/mol. The number of rotatable bonds is 12. The second kappa shape index (κ2) is 12.8. The van der Waals surface area contributed by atoms with Gasteiger partial charge in [0, 0.05) is 17.9 Å². The summed E-state index contributed by atoms with van der Waals surface area (Å²) in [6.45, 7) is 10.8. The van der Waals surface area contributed by atoms with Gasteiger partial charge in [-0.25, -0.2) is 0 Å². The van der Waals surface area contributed by atoms with E-state index in [0.717, 1.165) is 29.0 Å². The van der Waals surface area contributed by atoms with Crippen molar-refractivity contribution >= 4 is 35.0 Å². The normalized spacial score (nSPS) is 10.6. The maximum atomic E-state index is 12.6. The van der Waals surface area contributed by atoms with Crippen LogP contribution < -0.4 is 15.4 Å². The summed E-state index contributed by atoms with van der Waals surface area (Å²) in [4.78, 5) is 25.2. The van der Waals surface area contributed by atoms with Crippen LogP contribution in [0.2, 0.25) is 0 Å². The molecule has 0 aliphatic carbocycles. The standard InChI is InChI=1S/C26H31N5O3S/c1-5-15-31-22(16-23(32)27-20-11-13-21(14-12-20)34-7-3)29-30-26(31)35-17-24(33)28-25-18(4)9-8-10-19(25)6-2/h5,8-14H,1,6-7,15-17H2,2-4H3,(H,27,32)(H,28,33). The van der Waals surface area contributed by atoms with Gasteiger partial charge in [0.2, 0.25) is 11.8 Å². The van der Waals surface area contributed by atoms with Gasteiger partial charge in [-0.3, -0.25) is 9.59 Å². The number of thioether (sulfide) groups is 1. The Hall–Kier alpha value is -3.59. The molecule has 184 valence electrons. The molecule has 0 aliphatic heterocycles. The Morgan fingerprint density at radius 1 is 1.09 bits per heavy atom. The Balaban J connectivity index is 1.62. The molecule has 1 heterocycles. The Labute approximate surface area is 210 Å². The van der Waals surface area contributed by atoms with E-state index >= 15 is 0 Å². The minimum absolute atomic E-state index is 0.0455. The molecule has 0 aliphatic rings. The molecule has 8 nitrogen and oxygen atoms in total. The zero-order valence-corrected chi connectivity index (χ0v) is 21.2. The van der Waals surface area contributed by atoms with Crippen molar-refractivity contribution in [3.05, 3.63) is 72.1 Å². The van der Waals surface area contributed by atoms with Crippen LogP contribution in [0.15, 0.2) is 60.3 Å². The third kappa shape index (κ3) is 7.19. The minimum atomic E-state index is -0.215. The van der Waals surface area contributed by atoms with Crippen molar-refractivity contribution in [1.82, 2.24) is 14.8 Å². The van der Waals surface area contributed by atoms with E-state index in [9.17, 15) is 9.59 Å². The second-order valence-electron chi connectivity index (χ2n) is 7.78. The van der Waals surface area contributed by atoms with E-state index in [-0.39, 0.29) is 24.0 Å². The maximum absolute atomic E-state index is 12.6. The number of hydrogen-bond donors (Lipinski definition) is 2. The number of aromatic nitrogens is 3. The van der Waals surface area contributed by atoms with Gasteiger partial charge in [0.05, 0.1) is 18.8 Å². The zero-order chi connectivity index (χ0) is 25.2. The quantitative estimate of drug-likeness (QED) is 0.282. The second-order valence-corrected chi connectivity index (χ2v) is 8.72. The fourth-order valence-electron chi connectivity index (χ4n) is 3.53. The lowest BCUT2D eigenvalue weighted by Gasteiger charge is -2.13. The van der Waals surface area contributed by atoms with Gasteiger partial charge >= 0.3 is 0 Å². The first-order chi connectivity index (χ1) is 16.9. The zero-order valence-electron chi connectivity index (χ0n) is 20.3. The number of amides is 2. The lowest BCUT2D eigenvalue weighted by molar-refractivity contribution is -0.116. The highest BCUT2D eigenvalue weighted by molar-refractivity contribution is 7.99. The van der Waals surface area contributed by atoms with Crippen LogP contribution in [0, 0.1) is 6.92 Å². The molecular formula is C26H31N5O3S. The Morgan fingerprint density at radius 2 is 1.86 bits per heavy atom. The van der Waals surface area contributed by atoms with E-state index in [0.29, 0.717) is 29.8 Å². The summed E-state index contributed by atoms with van der Waals surface area (Å²) >= 11 is 1.28. The summed E-state index contributed by atoms with van der Waals surface area (Å²) in [5, 5.41) is 14.8. The molecule has 0 radical (unpaired) electrons. The Bertz CT molecular complexity index is 1170. The highest BCUT2D eigenvalue weighted by atomic mass is 32.2. The van der Waals surface area contributed by atoms with Gasteiger partial charge in [0.25, 0.3) is 0 Å². The molecule has 0 saturated heterocycles. The fourth-order valence-corrected chi connectivity index (χ4v) is 4.29. The summed E-state index contributed by atoms with van der Waals surface area (Å²) in [7, 11) is 0. The number of benzene rings is 2. The lowest BCUT2D eigenvalue weighted by Crippen LogP contribution is -2.18. The number of anilines is 2. The summed E-state index contributed by atoms with van der Waals surface area (Å²) < 4.78 is 7.22. The van der Waals surface area contributed by atoms with Crippen molar-refractivity contribution in [3.63, 3.8) is 0 Å². The number of allylic oxidation sites excluding steroid dienone is 1. The van der Waals surface area contributed by atoms with Crippen LogP contribution in [0.5, 0.6) is 5.75 Å². The molecule has 2 aromatic carbocycles. The molecular weight excluding hydrogens is 462 g/mol. The predicted octanol–water partition coefficient (Wildman–Crippen LogP) is 4.65. The third-order valence-electron chi connectivity index (χ3n) is 5.21. The third-order valence-corrected chi connectivity index (χ3v) is 6.18. The number of ether oxygens (including phenoxy) is 1. The molecule has 0 saturated carbocycles. The van der Waals surface area contributed by atoms with Crippen LogP contribution in [0.4, 0.5) is 11.4 Å². The average Bonchev–Trinajstić information content (AvgIpc) is 3.21. The summed E-state index contributed by atoms with van der Waals surface area (Å²) in [6.07, 6.45) is 2.59. The van der Waals surface area contributed by atoms with Gasteiger partial charge in [-0.15, -0.1) is 16.8 Å². The molecule has 3 rings (SSSR count). The van der Waals surface area contributed by atoms with Crippen LogP contribution in [-0.2, 0) is 29.0 Å². The summed E-state index contributed by atoms with van der Waals surface area (Å²) in [5.74, 6) is 1.08. The first-order valence-corrected chi connectivity index (χ1v) is 12.5. The molecule has 3 aromatic rings. The van der Waals surface area contributed by atoms with Gasteiger partial charge in [0.15, 0.2) is 5.16 Å². The van der Waals surface area contributed by atoms with Crippen LogP contribution >= 0.6 is 11.8 Å². The number of hydrogen-bond acceptors (Lipinski definition) is 6. The van der Waals surface area contributed by atoms with Crippen molar-refractivity contribution < 1.29 is 14.3 Å². The average molecular weight is 494 g/mol. The number of nitrogens with zero attached hydrogens (tertiary/aromatic N) is 3. The van der Waals surface area contributed by atoms with Crippen LogP contribution in [-0.4, -0.2) is 38.9 Å².